The number of carbonyl (C=O) groups excluding carboxylic acids is 4. The van der Waals surface area contributed by atoms with Crippen LogP contribution in [0.3, 0.4) is 0 Å². The molecule has 4 aromatic heterocycles. The number of hydrogen-bond acceptors (Lipinski definition) is 20. The van der Waals surface area contributed by atoms with Crippen LogP contribution in [-0.2, 0) is 18.9 Å². The van der Waals surface area contributed by atoms with E-state index >= 15 is 0 Å². The van der Waals surface area contributed by atoms with Crippen LogP contribution in [0.4, 0.5) is 0 Å². The standard InChI is InChI=1S/3C16H15NO3S.C16H19NO3S/c3*1-4-11(3)20-16(18)14-10-21-15(17-14)12-6-8-13(9-7-12)19-5-2;1-3-5-10-20-16(18)14-11-21-15(17-14)12-6-8-13(9-7-12)19-4-2/h3*1,6-11H,5H2,2-3H3;6-9,11H,3-5,10H2,1-2H3/t2*11-;;/m10../s1. The maximum atomic E-state index is 11.8. The summed E-state index contributed by atoms with van der Waals surface area (Å²) < 4.78 is 41.8. The average molecular weight is 1210 g/mol. The number of carbonyl (C=O) groups is 4. The molecule has 0 saturated heterocycles. The van der Waals surface area contributed by atoms with Gasteiger partial charge in [0, 0.05) is 43.8 Å². The first-order chi connectivity index (χ1) is 40.6. The zero-order valence-electron chi connectivity index (χ0n) is 47.8. The number of terminal acetylenes is 3. The van der Waals surface area contributed by atoms with Crippen molar-refractivity contribution in [1.29, 1.82) is 0 Å². The van der Waals surface area contributed by atoms with Gasteiger partial charge in [-0.1, -0.05) is 31.1 Å². The molecule has 0 radical (unpaired) electrons. The molecule has 4 aromatic carbocycles. The first kappa shape index (κ1) is 66.0. The second-order valence-corrected chi connectivity index (χ2v) is 20.5. The lowest BCUT2D eigenvalue weighted by molar-refractivity contribution is 0.0423. The molecule has 20 heteroatoms. The number of ether oxygens (including phenoxy) is 8. The van der Waals surface area contributed by atoms with Crippen molar-refractivity contribution in [3.05, 3.63) is 141 Å². The molecule has 0 spiro atoms. The lowest BCUT2D eigenvalue weighted by atomic mass is 10.2. The lowest BCUT2D eigenvalue weighted by Gasteiger charge is -2.04. The second kappa shape index (κ2) is 35.2. The molecule has 436 valence electrons. The fraction of sp³-hybridized carbons (Fsp3) is 0.281. The summed E-state index contributed by atoms with van der Waals surface area (Å²) in [6.45, 7) is 17.7. The van der Waals surface area contributed by atoms with E-state index in [-0.39, 0.29) is 23.1 Å². The summed E-state index contributed by atoms with van der Waals surface area (Å²) in [6.07, 6.45) is 15.7. The van der Waals surface area contributed by atoms with Crippen LogP contribution in [-0.4, -0.2) is 95.2 Å². The normalized spacial score (nSPS) is 11.2. The van der Waals surface area contributed by atoms with Gasteiger partial charge in [0.05, 0.1) is 33.0 Å². The van der Waals surface area contributed by atoms with Crippen LogP contribution in [0.2, 0.25) is 0 Å². The number of unbranched alkanes of at least 4 members (excludes halogenated alkanes) is 1. The van der Waals surface area contributed by atoms with Gasteiger partial charge in [-0.3, -0.25) is 0 Å². The highest BCUT2D eigenvalue weighted by molar-refractivity contribution is 7.14. The summed E-state index contributed by atoms with van der Waals surface area (Å²) in [6, 6.07) is 30.4. The Hall–Kier alpha value is -8.84. The Morgan fingerprint density at radius 3 is 0.857 bits per heavy atom. The minimum absolute atomic E-state index is 0.269. The van der Waals surface area contributed by atoms with Gasteiger partial charge in [0.15, 0.2) is 41.1 Å². The van der Waals surface area contributed by atoms with Gasteiger partial charge < -0.3 is 37.9 Å². The van der Waals surface area contributed by atoms with Crippen LogP contribution < -0.4 is 18.9 Å². The van der Waals surface area contributed by atoms with Crippen LogP contribution in [0.15, 0.2) is 119 Å². The zero-order valence-corrected chi connectivity index (χ0v) is 51.0. The Bertz CT molecular complexity index is 3180. The van der Waals surface area contributed by atoms with Crippen molar-refractivity contribution in [2.75, 3.05) is 33.0 Å². The van der Waals surface area contributed by atoms with Gasteiger partial charge in [0.2, 0.25) is 0 Å². The van der Waals surface area contributed by atoms with E-state index < -0.39 is 36.2 Å². The maximum absolute atomic E-state index is 11.8. The molecule has 8 aromatic rings. The molecule has 3 atom stereocenters. The van der Waals surface area contributed by atoms with Crippen molar-refractivity contribution in [1.82, 2.24) is 19.9 Å². The topological polar surface area (TPSA) is 194 Å². The van der Waals surface area contributed by atoms with Crippen molar-refractivity contribution in [2.24, 2.45) is 0 Å². The number of aromatic nitrogens is 4. The molecule has 0 N–H and O–H groups in total. The molecule has 0 fully saturated rings. The Morgan fingerprint density at radius 2 is 0.643 bits per heavy atom. The van der Waals surface area contributed by atoms with Crippen LogP contribution in [0, 0.1) is 37.0 Å². The Labute approximate surface area is 506 Å². The molecule has 0 aliphatic heterocycles. The van der Waals surface area contributed by atoms with E-state index in [1.807, 2.05) is 125 Å². The predicted molar refractivity (Wildman–Crippen MR) is 331 cm³/mol. The first-order valence-corrected chi connectivity index (χ1v) is 30.1. The van der Waals surface area contributed by atoms with Crippen LogP contribution >= 0.6 is 45.3 Å². The fourth-order valence-electron chi connectivity index (χ4n) is 6.59. The third-order valence-electron chi connectivity index (χ3n) is 10.8. The van der Waals surface area contributed by atoms with Crippen molar-refractivity contribution in [2.45, 2.75) is 86.5 Å². The van der Waals surface area contributed by atoms with E-state index in [1.54, 1.807) is 42.3 Å². The molecule has 0 saturated carbocycles. The van der Waals surface area contributed by atoms with Crippen molar-refractivity contribution in [3.8, 4) is 102 Å². The summed E-state index contributed by atoms with van der Waals surface area (Å²) in [5.41, 5.74) is 4.92. The van der Waals surface area contributed by atoms with Gasteiger partial charge in [-0.2, -0.15) is 0 Å². The van der Waals surface area contributed by atoms with Gasteiger partial charge in [-0.05, 0) is 152 Å². The van der Waals surface area contributed by atoms with E-state index in [1.165, 1.54) is 45.3 Å². The van der Waals surface area contributed by atoms with Gasteiger partial charge >= 0.3 is 23.9 Å². The molecular formula is C64H64N4O12S4. The summed E-state index contributed by atoms with van der Waals surface area (Å²) >= 11 is 5.58. The minimum Gasteiger partial charge on any atom is -0.494 e. The van der Waals surface area contributed by atoms with Crippen molar-refractivity contribution < 1.29 is 57.1 Å². The second-order valence-electron chi connectivity index (χ2n) is 17.1. The van der Waals surface area contributed by atoms with Crippen LogP contribution in [0.5, 0.6) is 23.0 Å². The molecule has 1 unspecified atom stereocenters. The Balaban J connectivity index is 0.000000205. The van der Waals surface area contributed by atoms with Gasteiger partial charge in [0.1, 0.15) is 43.0 Å². The Kier molecular flexibility index (Phi) is 27.7. The van der Waals surface area contributed by atoms with Gasteiger partial charge in [-0.15, -0.1) is 64.6 Å². The maximum Gasteiger partial charge on any atom is 0.359 e. The third-order valence-corrected chi connectivity index (χ3v) is 14.4. The number of hydrogen-bond donors (Lipinski definition) is 0. The lowest BCUT2D eigenvalue weighted by Crippen LogP contribution is -2.13. The van der Waals surface area contributed by atoms with Crippen molar-refractivity contribution >= 4 is 69.2 Å². The number of thiazole rings is 4. The highest BCUT2D eigenvalue weighted by Gasteiger charge is 2.19. The summed E-state index contributed by atoms with van der Waals surface area (Å²) in [5.74, 6) is 8.40. The fourth-order valence-corrected chi connectivity index (χ4v) is 9.77. The molecule has 0 aliphatic rings. The van der Waals surface area contributed by atoms with Crippen LogP contribution in [0.25, 0.3) is 42.3 Å². The van der Waals surface area contributed by atoms with Gasteiger partial charge in [-0.25, -0.2) is 39.1 Å². The summed E-state index contributed by atoms with van der Waals surface area (Å²) in [5, 5.41) is 9.78. The smallest absolute Gasteiger partial charge is 0.359 e. The SMILES string of the molecule is C#CC(C)OC(=O)c1csc(-c2ccc(OCC)cc2)n1.C#C[C@@H](C)OC(=O)c1csc(-c2ccc(OCC)cc2)n1.C#C[C@H](C)OC(=O)c1csc(-c2ccc(OCC)cc2)n1.CCCCOC(=O)c1csc(-c2ccc(OCC)cc2)n1. The van der Waals surface area contributed by atoms with E-state index in [4.69, 9.17) is 57.2 Å². The predicted octanol–water partition coefficient (Wildman–Crippen LogP) is 14.3. The minimum atomic E-state index is -0.562. The largest absolute Gasteiger partial charge is 0.494 e. The Morgan fingerprint density at radius 1 is 0.405 bits per heavy atom. The molecular weight excluding hydrogens is 1140 g/mol. The molecule has 0 amide bonds. The number of nitrogens with zero attached hydrogens (tertiary/aromatic N) is 4. The summed E-state index contributed by atoms with van der Waals surface area (Å²) in [7, 11) is 0. The number of rotatable bonds is 22. The highest BCUT2D eigenvalue weighted by Crippen LogP contribution is 2.30. The van der Waals surface area contributed by atoms with Crippen molar-refractivity contribution in [3.63, 3.8) is 0 Å². The molecule has 4 heterocycles. The molecule has 16 nitrogen and oxygen atoms in total. The number of benzene rings is 4. The van der Waals surface area contributed by atoms with Gasteiger partial charge in [0.25, 0.3) is 0 Å². The van der Waals surface area contributed by atoms with E-state index in [0.29, 0.717) is 38.7 Å². The number of esters is 4. The zero-order chi connectivity index (χ0) is 60.8. The molecule has 0 aliphatic carbocycles. The third kappa shape index (κ3) is 21.2. The monoisotopic (exact) mass is 1210 g/mol. The van der Waals surface area contributed by atoms with E-state index in [2.05, 4.69) is 44.6 Å². The van der Waals surface area contributed by atoms with E-state index in [9.17, 15) is 19.2 Å². The first-order valence-electron chi connectivity index (χ1n) is 26.6. The quantitative estimate of drug-likeness (QED) is 0.0269. The average Bonchev–Trinajstić information content (AvgIpc) is 4.53. The molecule has 0 bridgehead atoms. The van der Waals surface area contributed by atoms with E-state index in [0.717, 1.165) is 78.1 Å². The molecule has 84 heavy (non-hydrogen) atoms. The highest BCUT2D eigenvalue weighted by atomic mass is 32.1. The molecule has 8 rings (SSSR count). The van der Waals surface area contributed by atoms with Crippen LogP contribution in [0.1, 0.15) is 110 Å². The summed E-state index contributed by atoms with van der Waals surface area (Å²) in [4.78, 5) is 64.4.